The van der Waals surface area contributed by atoms with Gasteiger partial charge in [-0.2, -0.15) is 0 Å². The van der Waals surface area contributed by atoms with Gasteiger partial charge in [-0.1, -0.05) is 12.1 Å². The molecule has 0 aliphatic rings. The van der Waals surface area contributed by atoms with Gasteiger partial charge >= 0.3 is 0 Å². The maximum atomic E-state index is 12.8. The Balaban J connectivity index is 2.27. The first-order valence-electron chi connectivity index (χ1n) is 6.19. The third-order valence-electron chi connectivity index (χ3n) is 2.89. The zero-order chi connectivity index (χ0) is 13.5. The molecule has 0 spiro atoms. The summed E-state index contributed by atoms with van der Waals surface area (Å²) in [5.41, 5.74) is 1.05. The van der Waals surface area contributed by atoms with Crippen molar-refractivity contribution in [3.8, 4) is 0 Å². The number of nitrogens with zero attached hydrogens (tertiary/aromatic N) is 1. The van der Waals surface area contributed by atoms with Crippen molar-refractivity contribution in [2.75, 3.05) is 20.6 Å². The normalized spacial score (nSPS) is 12.2. The molecule has 100 valence electrons. The van der Waals surface area contributed by atoms with Crippen molar-refractivity contribution in [1.82, 2.24) is 10.2 Å². The molecule has 4 heteroatoms. The average molecular weight is 252 g/mol. The molecule has 0 unspecified atom stereocenters. The summed E-state index contributed by atoms with van der Waals surface area (Å²) in [7, 11) is 3.52. The third-order valence-corrected chi connectivity index (χ3v) is 2.89. The van der Waals surface area contributed by atoms with E-state index in [1.54, 1.807) is 31.1 Å². The summed E-state index contributed by atoms with van der Waals surface area (Å²) in [6.07, 6.45) is 1.36. The minimum Gasteiger partial charge on any atom is -0.349 e. The van der Waals surface area contributed by atoms with Gasteiger partial charge in [-0.05, 0) is 37.6 Å². The fraction of sp³-hybridized carbons (Fsp3) is 0.500. The Hall–Kier alpha value is -1.42. The van der Waals surface area contributed by atoms with Crippen LogP contribution in [-0.4, -0.2) is 31.4 Å². The van der Waals surface area contributed by atoms with Crippen molar-refractivity contribution in [2.24, 2.45) is 0 Å². The molecule has 0 fully saturated rings. The molecular formula is C14H21FN2O. The van der Waals surface area contributed by atoms with Gasteiger partial charge in [0.25, 0.3) is 0 Å². The van der Waals surface area contributed by atoms with E-state index in [-0.39, 0.29) is 17.8 Å². The van der Waals surface area contributed by atoms with Crippen LogP contribution in [0.1, 0.15) is 31.4 Å². The molecule has 0 radical (unpaired) electrons. The SMILES string of the molecule is C[C@@H](NCCCC(=O)N(C)C)c1ccc(F)cc1. The Morgan fingerprint density at radius 1 is 1.33 bits per heavy atom. The predicted molar refractivity (Wildman–Crippen MR) is 70.7 cm³/mol. The summed E-state index contributed by atoms with van der Waals surface area (Å²) in [5.74, 6) is -0.0752. The Bertz CT molecular complexity index is 376. The number of carbonyl (C=O) groups excluding carboxylic acids is 1. The monoisotopic (exact) mass is 252 g/mol. The van der Waals surface area contributed by atoms with E-state index < -0.39 is 0 Å². The van der Waals surface area contributed by atoms with Gasteiger partial charge < -0.3 is 10.2 Å². The van der Waals surface area contributed by atoms with E-state index in [0.29, 0.717) is 6.42 Å². The molecule has 0 aliphatic carbocycles. The summed E-state index contributed by atoms with van der Waals surface area (Å²) >= 11 is 0. The minimum atomic E-state index is -0.220. The molecule has 1 rings (SSSR count). The van der Waals surface area contributed by atoms with Crippen molar-refractivity contribution in [1.29, 1.82) is 0 Å². The highest BCUT2D eigenvalue weighted by Crippen LogP contribution is 2.12. The van der Waals surface area contributed by atoms with Gasteiger partial charge in [0.1, 0.15) is 5.82 Å². The van der Waals surface area contributed by atoms with Gasteiger partial charge in [-0.3, -0.25) is 4.79 Å². The number of amides is 1. The van der Waals surface area contributed by atoms with E-state index in [4.69, 9.17) is 0 Å². The lowest BCUT2D eigenvalue weighted by Crippen LogP contribution is -2.24. The van der Waals surface area contributed by atoms with Crippen LogP contribution in [0.2, 0.25) is 0 Å². The van der Waals surface area contributed by atoms with E-state index >= 15 is 0 Å². The molecule has 0 aliphatic heterocycles. The lowest BCUT2D eigenvalue weighted by Gasteiger charge is -2.15. The van der Waals surface area contributed by atoms with Crippen LogP contribution in [0.15, 0.2) is 24.3 Å². The molecule has 1 atom stereocenters. The second kappa shape index (κ2) is 7.11. The number of halogens is 1. The molecule has 1 N–H and O–H groups in total. The van der Waals surface area contributed by atoms with E-state index in [1.165, 1.54) is 12.1 Å². The lowest BCUT2D eigenvalue weighted by molar-refractivity contribution is -0.128. The van der Waals surface area contributed by atoms with E-state index in [2.05, 4.69) is 5.32 Å². The van der Waals surface area contributed by atoms with Gasteiger partial charge in [0, 0.05) is 26.6 Å². The highest BCUT2D eigenvalue weighted by molar-refractivity contribution is 5.75. The number of hydrogen-bond acceptors (Lipinski definition) is 2. The van der Waals surface area contributed by atoms with E-state index in [9.17, 15) is 9.18 Å². The topological polar surface area (TPSA) is 32.3 Å². The molecule has 0 saturated carbocycles. The van der Waals surface area contributed by atoms with Crippen molar-refractivity contribution >= 4 is 5.91 Å². The van der Waals surface area contributed by atoms with E-state index in [0.717, 1.165) is 18.5 Å². The molecule has 0 bridgehead atoms. The number of benzene rings is 1. The summed E-state index contributed by atoms with van der Waals surface area (Å²) in [6.45, 7) is 2.80. The Morgan fingerprint density at radius 3 is 2.50 bits per heavy atom. The van der Waals surface area contributed by atoms with Gasteiger partial charge in [0.2, 0.25) is 5.91 Å². The van der Waals surface area contributed by atoms with Crippen LogP contribution in [-0.2, 0) is 4.79 Å². The van der Waals surface area contributed by atoms with Gasteiger partial charge in [-0.15, -0.1) is 0 Å². The first kappa shape index (κ1) is 14.6. The molecule has 3 nitrogen and oxygen atoms in total. The minimum absolute atomic E-state index is 0.145. The fourth-order valence-corrected chi connectivity index (χ4v) is 1.65. The fourth-order valence-electron chi connectivity index (χ4n) is 1.65. The van der Waals surface area contributed by atoms with Crippen molar-refractivity contribution in [3.63, 3.8) is 0 Å². The molecular weight excluding hydrogens is 231 g/mol. The Morgan fingerprint density at radius 2 is 1.94 bits per heavy atom. The average Bonchev–Trinajstić information content (AvgIpc) is 2.34. The molecule has 0 saturated heterocycles. The smallest absolute Gasteiger partial charge is 0.222 e. The van der Waals surface area contributed by atoms with Crippen LogP contribution < -0.4 is 5.32 Å². The van der Waals surface area contributed by atoms with Crippen molar-refractivity contribution in [3.05, 3.63) is 35.6 Å². The van der Waals surface area contributed by atoms with Gasteiger partial charge in [0.05, 0.1) is 0 Å². The van der Waals surface area contributed by atoms with E-state index in [1.807, 2.05) is 6.92 Å². The first-order chi connectivity index (χ1) is 8.50. The largest absolute Gasteiger partial charge is 0.349 e. The van der Waals surface area contributed by atoms with Crippen molar-refractivity contribution < 1.29 is 9.18 Å². The lowest BCUT2D eigenvalue weighted by atomic mass is 10.1. The molecule has 0 heterocycles. The molecule has 1 aromatic carbocycles. The quantitative estimate of drug-likeness (QED) is 0.788. The number of carbonyl (C=O) groups is 1. The first-order valence-corrected chi connectivity index (χ1v) is 6.19. The van der Waals surface area contributed by atoms with Gasteiger partial charge in [0.15, 0.2) is 0 Å². The highest BCUT2D eigenvalue weighted by Gasteiger charge is 2.06. The maximum absolute atomic E-state index is 12.8. The highest BCUT2D eigenvalue weighted by atomic mass is 19.1. The van der Waals surface area contributed by atoms with Crippen LogP contribution in [0.4, 0.5) is 4.39 Å². The Kier molecular flexibility index (Phi) is 5.78. The summed E-state index contributed by atoms with van der Waals surface area (Å²) < 4.78 is 12.8. The van der Waals surface area contributed by atoms with Crippen LogP contribution in [0.3, 0.4) is 0 Å². The molecule has 1 aromatic rings. The number of nitrogens with one attached hydrogen (secondary N) is 1. The van der Waals surface area contributed by atoms with Crippen LogP contribution in [0, 0.1) is 5.82 Å². The van der Waals surface area contributed by atoms with Gasteiger partial charge in [-0.25, -0.2) is 4.39 Å². The third kappa shape index (κ3) is 4.84. The summed E-state index contributed by atoms with van der Waals surface area (Å²) in [6, 6.07) is 6.64. The molecule has 1 amide bonds. The van der Waals surface area contributed by atoms with Crippen LogP contribution in [0.25, 0.3) is 0 Å². The zero-order valence-electron chi connectivity index (χ0n) is 11.2. The number of hydrogen-bond donors (Lipinski definition) is 1. The maximum Gasteiger partial charge on any atom is 0.222 e. The summed E-state index contributed by atoms with van der Waals surface area (Å²) in [4.78, 5) is 13.0. The van der Waals surface area contributed by atoms with Crippen LogP contribution >= 0.6 is 0 Å². The second-order valence-electron chi connectivity index (χ2n) is 4.62. The molecule has 0 aromatic heterocycles. The standard InChI is InChI=1S/C14H21FN2O/c1-11(12-6-8-13(15)9-7-12)16-10-4-5-14(18)17(2)3/h6-9,11,16H,4-5,10H2,1-3H3/t11-/m1/s1. The molecule has 18 heavy (non-hydrogen) atoms. The zero-order valence-corrected chi connectivity index (χ0v) is 11.2. The summed E-state index contributed by atoms with van der Waals surface area (Å²) in [5, 5.41) is 3.32. The van der Waals surface area contributed by atoms with Crippen molar-refractivity contribution in [2.45, 2.75) is 25.8 Å². The Labute approximate surface area is 108 Å². The van der Waals surface area contributed by atoms with Crippen LogP contribution in [0.5, 0.6) is 0 Å². The number of rotatable bonds is 6. The predicted octanol–water partition coefficient (Wildman–Crippen LogP) is 2.34. The second-order valence-corrected chi connectivity index (χ2v) is 4.62.